The van der Waals surface area contributed by atoms with E-state index in [2.05, 4.69) is 63.6 Å². The molecule has 0 spiro atoms. The Hall–Kier alpha value is -0.570. The molecule has 1 aliphatic heterocycles. The molecule has 0 amide bonds. The van der Waals surface area contributed by atoms with Crippen LogP contribution < -0.4 is 11.0 Å². The Morgan fingerprint density at radius 2 is 1.67 bits per heavy atom. The van der Waals surface area contributed by atoms with Crippen LogP contribution in [-0.2, 0) is 0 Å². The van der Waals surface area contributed by atoms with Gasteiger partial charge in [0.1, 0.15) is 0 Å². The van der Waals surface area contributed by atoms with Gasteiger partial charge in [0, 0.05) is 11.8 Å². The van der Waals surface area contributed by atoms with Gasteiger partial charge in [0.25, 0.3) is 7.41 Å². The maximum Gasteiger partial charge on any atom is 0.264 e. The second kappa shape index (κ2) is 4.12. The van der Waals surface area contributed by atoms with E-state index in [1.807, 2.05) is 0 Å². The summed E-state index contributed by atoms with van der Waals surface area (Å²) in [5.41, 5.74) is 7.67. The Labute approximate surface area is 95.1 Å². The molecule has 1 heterocycles. The van der Waals surface area contributed by atoms with Gasteiger partial charge in [-0.15, -0.1) is 0 Å². The van der Waals surface area contributed by atoms with Crippen LogP contribution in [0.15, 0.2) is 11.8 Å². The largest absolute Gasteiger partial charge is 0.345 e. The maximum absolute atomic E-state index is 3.22. The first-order valence-corrected chi connectivity index (χ1v) is 5.65. The van der Waals surface area contributed by atoms with E-state index in [9.17, 15) is 0 Å². The number of hydrazine groups is 2. The SMILES string of the molecule is CC(C)(C)BC1=CN(BC(C)(C)C)NN1. The van der Waals surface area contributed by atoms with E-state index in [1.165, 1.54) is 5.60 Å². The molecule has 0 saturated heterocycles. The highest BCUT2D eigenvalue weighted by Gasteiger charge is 2.23. The zero-order chi connectivity index (χ0) is 11.7. The number of nitrogens with zero attached hydrogens (tertiary/aromatic N) is 1. The highest BCUT2D eigenvalue weighted by Crippen LogP contribution is 2.25. The molecule has 3 nitrogen and oxygen atoms in total. The molecule has 84 valence electrons. The van der Waals surface area contributed by atoms with Gasteiger partial charge in [-0.3, -0.25) is 0 Å². The molecule has 0 aromatic carbocycles. The summed E-state index contributed by atoms with van der Waals surface area (Å²) >= 11 is 0. The Kier molecular flexibility index (Phi) is 3.44. The molecule has 0 bridgehead atoms. The second-order valence-electron chi connectivity index (χ2n) is 6.82. The smallest absolute Gasteiger partial charge is 0.264 e. The van der Waals surface area contributed by atoms with Gasteiger partial charge in [0.2, 0.25) is 0 Å². The highest BCUT2D eigenvalue weighted by molar-refractivity contribution is 6.49. The van der Waals surface area contributed by atoms with Crippen molar-refractivity contribution in [1.29, 1.82) is 0 Å². The highest BCUT2D eigenvalue weighted by atomic mass is 15.7. The Balaban J connectivity index is 2.48. The standard InChI is InChI=1S/C10H23B2N3/c1-9(2,3)11-8-7-15(14-13-8)12-10(4,5)6/h7,11-14H,1-6H3. The monoisotopic (exact) mass is 207 g/mol. The summed E-state index contributed by atoms with van der Waals surface area (Å²) in [6, 6.07) is 0. The average molecular weight is 207 g/mol. The molecule has 0 unspecified atom stereocenters. The lowest BCUT2D eigenvalue weighted by atomic mass is 9.53. The van der Waals surface area contributed by atoms with E-state index in [0.29, 0.717) is 10.6 Å². The summed E-state index contributed by atoms with van der Waals surface area (Å²) in [5, 5.41) is 0.640. The van der Waals surface area contributed by atoms with Crippen molar-refractivity contribution in [2.24, 2.45) is 0 Å². The molecule has 15 heavy (non-hydrogen) atoms. The zero-order valence-corrected chi connectivity index (χ0v) is 10.9. The molecule has 0 radical (unpaired) electrons. The van der Waals surface area contributed by atoms with Crippen molar-refractivity contribution in [3.63, 3.8) is 0 Å². The van der Waals surface area contributed by atoms with Crippen molar-refractivity contribution < 1.29 is 0 Å². The molecule has 2 N–H and O–H groups in total. The van der Waals surface area contributed by atoms with E-state index < -0.39 is 0 Å². The van der Waals surface area contributed by atoms with Crippen LogP contribution in [0.4, 0.5) is 0 Å². The Morgan fingerprint density at radius 1 is 1.07 bits per heavy atom. The van der Waals surface area contributed by atoms with Gasteiger partial charge in [-0.2, -0.15) is 5.53 Å². The van der Waals surface area contributed by atoms with Crippen LogP contribution in [0, 0.1) is 0 Å². The zero-order valence-electron chi connectivity index (χ0n) is 10.9. The van der Waals surface area contributed by atoms with Gasteiger partial charge in [-0.1, -0.05) is 46.9 Å². The van der Waals surface area contributed by atoms with E-state index in [4.69, 9.17) is 0 Å². The molecule has 5 heteroatoms. The topological polar surface area (TPSA) is 27.3 Å². The molecule has 0 aliphatic carbocycles. The van der Waals surface area contributed by atoms with E-state index in [1.54, 1.807) is 0 Å². The fourth-order valence-electron chi connectivity index (χ4n) is 1.65. The van der Waals surface area contributed by atoms with Gasteiger partial charge in [0.15, 0.2) is 7.28 Å². The first-order valence-electron chi connectivity index (χ1n) is 5.65. The third kappa shape index (κ3) is 5.17. The van der Waals surface area contributed by atoms with E-state index in [-0.39, 0.29) is 0 Å². The molecule has 0 atom stereocenters. The Bertz CT molecular complexity index is 250. The van der Waals surface area contributed by atoms with Crippen LogP contribution in [0.2, 0.25) is 10.6 Å². The predicted molar refractivity (Wildman–Crippen MR) is 69.9 cm³/mol. The predicted octanol–water partition coefficient (Wildman–Crippen LogP) is 1.33. The van der Waals surface area contributed by atoms with Gasteiger partial charge in [-0.05, 0) is 5.31 Å². The molecular weight excluding hydrogens is 184 g/mol. The summed E-state index contributed by atoms with van der Waals surface area (Å²) in [6.07, 6.45) is 2.18. The summed E-state index contributed by atoms with van der Waals surface area (Å²) in [6.45, 7) is 13.5. The molecule has 0 fully saturated rings. The lowest BCUT2D eigenvalue weighted by Gasteiger charge is -2.23. The molecule has 0 saturated carbocycles. The quantitative estimate of drug-likeness (QED) is 0.668. The van der Waals surface area contributed by atoms with Crippen molar-refractivity contribution in [3.8, 4) is 0 Å². The maximum atomic E-state index is 3.22. The minimum atomic E-state index is 0.308. The van der Waals surface area contributed by atoms with Gasteiger partial charge >= 0.3 is 0 Å². The van der Waals surface area contributed by atoms with Crippen LogP contribution in [0.3, 0.4) is 0 Å². The first kappa shape index (κ1) is 12.5. The van der Waals surface area contributed by atoms with Gasteiger partial charge in [0.05, 0.1) is 0 Å². The van der Waals surface area contributed by atoms with Crippen LogP contribution in [0.5, 0.6) is 0 Å². The fraction of sp³-hybridized carbons (Fsp3) is 0.800. The summed E-state index contributed by atoms with van der Waals surface area (Å²) in [5.74, 6) is 0. The summed E-state index contributed by atoms with van der Waals surface area (Å²) in [4.78, 5) is 2.13. The molecule has 0 aromatic rings. The third-order valence-electron chi connectivity index (χ3n) is 2.04. The van der Waals surface area contributed by atoms with Crippen molar-refractivity contribution in [2.75, 3.05) is 0 Å². The van der Waals surface area contributed by atoms with E-state index >= 15 is 0 Å². The van der Waals surface area contributed by atoms with E-state index in [0.717, 1.165) is 14.7 Å². The fourth-order valence-corrected chi connectivity index (χ4v) is 1.65. The molecule has 0 aromatic heterocycles. The van der Waals surface area contributed by atoms with Gasteiger partial charge < -0.3 is 10.3 Å². The number of hydrogen-bond acceptors (Lipinski definition) is 3. The lowest BCUT2D eigenvalue weighted by molar-refractivity contribution is 0.410. The minimum Gasteiger partial charge on any atom is -0.345 e. The summed E-state index contributed by atoms with van der Waals surface area (Å²) in [7, 11) is 2.08. The molecular formula is C10H23B2N3. The van der Waals surface area contributed by atoms with Crippen molar-refractivity contribution >= 4 is 14.7 Å². The third-order valence-corrected chi connectivity index (χ3v) is 2.04. The van der Waals surface area contributed by atoms with Crippen LogP contribution in [0.25, 0.3) is 0 Å². The second-order valence-corrected chi connectivity index (χ2v) is 6.82. The minimum absolute atomic E-state index is 0.308. The number of nitrogens with one attached hydrogen (secondary N) is 2. The summed E-state index contributed by atoms with van der Waals surface area (Å²) < 4.78 is 0. The van der Waals surface area contributed by atoms with Crippen molar-refractivity contribution in [3.05, 3.63) is 11.8 Å². The lowest BCUT2D eigenvalue weighted by Crippen LogP contribution is -2.42. The number of hydrogen-bond donors (Lipinski definition) is 2. The Morgan fingerprint density at radius 3 is 2.13 bits per heavy atom. The van der Waals surface area contributed by atoms with Crippen molar-refractivity contribution in [2.45, 2.75) is 52.2 Å². The molecule has 1 rings (SSSR count). The average Bonchev–Trinajstić information content (AvgIpc) is 2.28. The van der Waals surface area contributed by atoms with Crippen molar-refractivity contribution in [1.82, 2.24) is 15.9 Å². The first-order chi connectivity index (χ1) is 6.66. The van der Waals surface area contributed by atoms with Crippen LogP contribution in [0.1, 0.15) is 41.5 Å². The molecule has 1 aliphatic rings. The van der Waals surface area contributed by atoms with Gasteiger partial charge in [-0.25, -0.2) is 0 Å². The normalized spacial score (nSPS) is 17.2. The van der Waals surface area contributed by atoms with Crippen LogP contribution >= 0.6 is 0 Å². The van der Waals surface area contributed by atoms with Crippen LogP contribution in [-0.4, -0.2) is 19.6 Å². The number of rotatable bonds is 2.